The van der Waals surface area contributed by atoms with Gasteiger partial charge in [0.05, 0.1) is 129 Å². The predicted molar refractivity (Wildman–Crippen MR) is 348 cm³/mol. The van der Waals surface area contributed by atoms with Gasteiger partial charge in [-0.3, -0.25) is 33.6 Å². The first-order valence-corrected chi connectivity index (χ1v) is 33.4. The summed E-state index contributed by atoms with van der Waals surface area (Å²) in [6, 6.07) is 12.4. The smallest absolute Gasteiger partial charge is 0.323 e. The second kappa shape index (κ2) is 40.2. The fourth-order valence-corrected chi connectivity index (χ4v) is 11.8. The zero-order valence-electron chi connectivity index (χ0n) is 53.6. The van der Waals surface area contributed by atoms with Crippen LogP contribution in [-0.2, 0) is 79.5 Å². The van der Waals surface area contributed by atoms with Crippen molar-refractivity contribution >= 4 is 87.4 Å². The maximum Gasteiger partial charge on any atom is 0.323 e. The second-order valence-electron chi connectivity index (χ2n) is 22.7. The molecule has 4 N–H and O–H groups in total. The van der Waals surface area contributed by atoms with E-state index in [0.29, 0.717) is 107 Å². The maximum atomic E-state index is 14.2. The van der Waals surface area contributed by atoms with Crippen LogP contribution in [0.1, 0.15) is 59.8 Å². The van der Waals surface area contributed by atoms with Crippen molar-refractivity contribution < 1.29 is 99.6 Å². The first kappa shape index (κ1) is 76.6. The number of carboxylic acid groups (broad SMARTS) is 2. The Kier molecular flexibility index (Phi) is 32.1. The van der Waals surface area contributed by atoms with Crippen molar-refractivity contribution in [2.45, 2.75) is 70.0 Å². The summed E-state index contributed by atoms with van der Waals surface area (Å²) < 4.78 is 91.7. The molecule has 1 aromatic heterocycles. The van der Waals surface area contributed by atoms with E-state index in [9.17, 15) is 56.9 Å². The predicted octanol–water partition coefficient (Wildman–Crippen LogP) is 6.20. The zero-order chi connectivity index (χ0) is 68.9. The van der Waals surface area contributed by atoms with Gasteiger partial charge < -0.3 is 88.0 Å². The molecule has 0 radical (unpaired) electrons. The van der Waals surface area contributed by atoms with Crippen LogP contribution in [0.25, 0.3) is 0 Å². The van der Waals surface area contributed by atoms with Gasteiger partial charge in [0, 0.05) is 81.3 Å². The Morgan fingerprint density at radius 3 is 1.72 bits per heavy atom. The summed E-state index contributed by atoms with van der Waals surface area (Å²) in [4.78, 5) is 99.8. The molecule has 1 unspecified atom stereocenters. The standard InChI is InChI=1S/C65H84Cl2F3N7O18S/c1-44-64(85)74(12-4-13-75(44)59(79)38-47(71)35-46-37-52(69)53(70)40-51(46)68)41-60(80)73(43-62(83)84)17-19-88-21-23-90-25-27-92-29-31-94-33-32-93-30-28-91-26-24-89-22-20-87-18-16-72(42-61(81)82)58(78)10-7-45-36-50(67)57(39-49(45)66)95-56-11-34-96-63(56)65(86)77-15-14-76(48-8-9-48)54-5-2-3-6-55(54)77/h2-3,5-6,11,34,36-37,39-40,44,47-48H,4,7-10,12-33,35,38,41-43,71H2,1H3,(H,81,82)(H,83,84)/t44?,47-/m1/s1. The summed E-state index contributed by atoms with van der Waals surface area (Å²) in [5.41, 5.74) is 8.33. The van der Waals surface area contributed by atoms with Crippen molar-refractivity contribution in [3.8, 4) is 11.5 Å². The summed E-state index contributed by atoms with van der Waals surface area (Å²) in [5.74, 6) is -7.73. The van der Waals surface area contributed by atoms with E-state index in [1.54, 1.807) is 28.5 Å². The summed E-state index contributed by atoms with van der Waals surface area (Å²) in [6.07, 6.45) is 2.16. The van der Waals surface area contributed by atoms with Gasteiger partial charge in [0.25, 0.3) is 5.91 Å². The number of nitrogens with two attached hydrogens (primary N) is 1. The molecular formula is C65H84Cl2F3N7O18S. The van der Waals surface area contributed by atoms with Gasteiger partial charge in [0.2, 0.25) is 23.6 Å². The van der Waals surface area contributed by atoms with Crippen molar-refractivity contribution in [3.05, 3.63) is 103 Å². The average Bonchev–Trinajstić information content (AvgIpc) is 1.48. The van der Waals surface area contributed by atoms with Crippen LogP contribution in [0.5, 0.6) is 11.5 Å². The number of fused-ring (bicyclic) bond motifs is 1. The molecule has 2 aliphatic heterocycles. The second-order valence-corrected chi connectivity index (χ2v) is 24.4. The highest BCUT2D eigenvalue weighted by atomic mass is 35.5. The number of aliphatic carboxylic acids is 2. The van der Waals surface area contributed by atoms with Crippen LogP contribution in [0, 0.1) is 17.5 Å². The Hall–Kier alpha value is -6.74. The molecule has 1 saturated carbocycles. The number of carbonyl (C=O) groups excluding carboxylic acids is 5. The van der Waals surface area contributed by atoms with Gasteiger partial charge in [0.1, 0.15) is 35.6 Å². The monoisotopic (exact) mass is 1410 g/mol. The lowest BCUT2D eigenvalue weighted by Crippen LogP contribution is -2.51. The lowest BCUT2D eigenvalue weighted by Gasteiger charge is -2.37. The van der Waals surface area contributed by atoms with Crippen LogP contribution in [0.3, 0.4) is 0 Å². The van der Waals surface area contributed by atoms with Crippen molar-refractivity contribution in [1.29, 1.82) is 0 Å². The number of hydrogen-bond acceptors (Lipinski definition) is 19. The largest absolute Gasteiger partial charge is 0.480 e. The molecule has 96 heavy (non-hydrogen) atoms. The molecule has 25 nitrogen and oxygen atoms in total. The number of amides is 5. The zero-order valence-corrected chi connectivity index (χ0v) is 55.9. The van der Waals surface area contributed by atoms with Crippen LogP contribution < -0.4 is 20.3 Å². The highest BCUT2D eigenvalue weighted by Gasteiger charge is 2.38. The number of anilines is 2. The molecule has 528 valence electrons. The molecule has 4 aromatic rings. The SMILES string of the molecule is CC1C(=O)N(CC(=O)N(CCOCCOCCOCCOCCOCCOCCOCCOCCN(CC(=O)O)C(=O)CCc2cc(Cl)c(Oc3ccsc3C(=O)N3CCN(C4CC4)c4ccccc43)cc2Cl)CC(=O)O)CCCN1C(=O)C[C@H](N)Cc1cc(F)c(F)cc1F. The summed E-state index contributed by atoms with van der Waals surface area (Å²) in [6.45, 7) is 5.55. The average molecular weight is 1410 g/mol. The van der Waals surface area contributed by atoms with Crippen molar-refractivity contribution in [2.75, 3.05) is 174 Å². The normalized spacial score (nSPS) is 15.2. The number of thiophene rings is 1. The lowest BCUT2D eigenvalue weighted by molar-refractivity contribution is -0.149. The molecule has 2 atom stereocenters. The van der Waals surface area contributed by atoms with Crippen LogP contribution >= 0.6 is 34.5 Å². The molecule has 2 fully saturated rings. The summed E-state index contributed by atoms with van der Waals surface area (Å²) in [7, 11) is 0. The van der Waals surface area contributed by atoms with Crippen LogP contribution in [-0.4, -0.2) is 254 Å². The number of aryl methyl sites for hydroxylation is 1. The minimum atomic E-state index is -1.35. The number of benzene rings is 3. The number of carbonyl (C=O) groups is 7. The van der Waals surface area contributed by atoms with E-state index in [4.69, 9.17) is 71.6 Å². The van der Waals surface area contributed by atoms with Gasteiger partial charge in [-0.25, -0.2) is 13.2 Å². The van der Waals surface area contributed by atoms with Gasteiger partial charge in [0.15, 0.2) is 17.4 Å². The van der Waals surface area contributed by atoms with Crippen LogP contribution in [0.15, 0.2) is 60.0 Å². The highest BCUT2D eigenvalue weighted by Crippen LogP contribution is 2.43. The topological polar surface area (TPSA) is 288 Å². The number of halogens is 5. The Morgan fingerprint density at radius 2 is 1.17 bits per heavy atom. The first-order chi connectivity index (χ1) is 46.3. The van der Waals surface area contributed by atoms with E-state index in [2.05, 4.69) is 11.0 Å². The van der Waals surface area contributed by atoms with E-state index in [1.807, 2.05) is 18.2 Å². The molecule has 7 rings (SSSR count). The van der Waals surface area contributed by atoms with Crippen LogP contribution in [0.2, 0.25) is 10.0 Å². The van der Waals surface area contributed by atoms with Gasteiger partial charge in [-0.05, 0) is 85.9 Å². The molecule has 1 saturated heterocycles. The fraction of sp³-hybridized carbons (Fsp3) is 0.554. The minimum absolute atomic E-state index is 0.00836. The molecule has 3 aliphatic rings. The maximum absolute atomic E-state index is 14.2. The van der Waals surface area contributed by atoms with Crippen molar-refractivity contribution in [3.63, 3.8) is 0 Å². The van der Waals surface area contributed by atoms with Gasteiger partial charge in [-0.15, -0.1) is 11.3 Å². The van der Waals surface area contributed by atoms with Gasteiger partial charge in [-0.2, -0.15) is 0 Å². The molecule has 31 heteroatoms. The van der Waals surface area contributed by atoms with E-state index in [-0.39, 0.29) is 125 Å². The third-order valence-electron chi connectivity index (χ3n) is 15.6. The van der Waals surface area contributed by atoms with E-state index >= 15 is 0 Å². The minimum Gasteiger partial charge on any atom is -0.480 e. The Morgan fingerprint density at radius 1 is 0.635 bits per heavy atom. The molecule has 3 aromatic carbocycles. The number of hydrogen-bond donors (Lipinski definition) is 3. The molecule has 1 aliphatic carbocycles. The van der Waals surface area contributed by atoms with E-state index in [0.717, 1.165) is 35.7 Å². The third-order valence-corrected chi connectivity index (χ3v) is 17.2. The molecule has 3 heterocycles. The number of carboxylic acids is 2. The van der Waals surface area contributed by atoms with Gasteiger partial charge >= 0.3 is 11.9 Å². The lowest BCUT2D eigenvalue weighted by atomic mass is 10.0. The van der Waals surface area contributed by atoms with E-state index in [1.165, 1.54) is 33.0 Å². The van der Waals surface area contributed by atoms with Crippen molar-refractivity contribution in [2.24, 2.45) is 5.73 Å². The van der Waals surface area contributed by atoms with Gasteiger partial charge in [-0.1, -0.05) is 35.3 Å². The quantitative estimate of drug-likeness (QED) is 0.0328. The number of rotatable bonds is 44. The Labute approximate surface area is 569 Å². The molecular weight excluding hydrogens is 1330 g/mol. The number of nitrogens with zero attached hydrogens (tertiary/aromatic N) is 6. The Balaban J connectivity index is 0.643. The number of para-hydroxylation sites is 2. The summed E-state index contributed by atoms with van der Waals surface area (Å²) in [5, 5.41) is 21.3. The molecule has 5 amide bonds. The van der Waals surface area contributed by atoms with E-state index < -0.39 is 84.7 Å². The van der Waals surface area contributed by atoms with Crippen LogP contribution in [0.4, 0.5) is 24.5 Å². The Bertz CT molecular complexity index is 3210. The molecule has 0 bridgehead atoms. The third kappa shape index (κ3) is 24.7. The number of ether oxygens (including phenoxy) is 9. The highest BCUT2D eigenvalue weighted by molar-refractivity contribution is 7.12. The molecule has 0 spiro atoms. The fourth-order valence-electron chi connectivity index (χ4n) is 10.6. The van der Waals surface area contributed by atoms with Crippen molar-refractivity contribution in [1.82, 2.24) is 19.6 Å². The summed E-state index contributed by atoms with van der Waals surface area (Å²) >= 11 is 14.6. The first-order valence-electron chi connectivity index (χ1n) is 31.8.